The summed E-state index contributed by atoms with van der Waals surface area (Å²) in [5.41, 5.74) is -16.6. The van der Waals surface area contributed by atoms with Gasteiger partial charge in [-0.1, -0.05) is 12.8 Å². The Balaban J connectivity index is -0.000000428. The summed E-state index contributed by atoms with van der Waals surface area (Å²) in [6.45, 7) is 0. The molecule has 11 nitrogen and oxygen atoms in total. The first-order chi connectivity index (χ1) is 17.4. The number of rotatable bonds is 0. The molecule has 40 heavy (non-hydrogen) atoms. The molecule has 3 N–H and O–H groups in total. The van der Waals surface area contributed by atoms with E-state index in [1.54, 1.807) is 0 Å². The summed E-state index contributed by atoms with van der Waals surface area (Å²) in [5, 5.41) is 0.118. The normalized spacial score (nSPS) is 20.6. The minimum Gasteiger partial charge on any atom is -0.298 e. The fourth-order valence-corrected chi connectivity index (χ4v) is 2.55. The summed E-state index contributed by atoms with van der Waals surface area (Å²) >= 11 is 8.21. The summed E-state index contributed by atoms with van der Waals surface area (Å²) in [6, 6.07) is 0. The van der Waals surface area contributed by atoms with Gasteiger partial charge in [-0.2, -0.15) is 90.0 Å². The monoisotopic (exact) mass is 710 g/mol. The summed E-state index contributed by atoms with van der Waals surface area (Å²) in [7, 11) is -17.5. The maximum Gasteiger partial charge on any atom is 0.522 e. The maximum atomic E-state index is 10.7. The molecule has 0 aromatic heterocycles. The highest BCUT2D eigenvalue weighted by Crippen LogP contribution is 2.22. The van der Waals surface area contributed by atoms with Gasteiger partial charge in [0.15, 0.2) is 0 Å². The van der Waals surface area contributed by atoms with Crippen LogP contribution in [-0.2, 0) is 39.9 Å². The van der Waals surface area contributed by atoms with E-state index in [4.69, 9.17) is 38.9 Å². The van der Waals surface area contributed by atoms with Gasteiger partial charge in [0.2, 0.25) is 0 Å². The molecule has 0 aromatic rings. The number of carbonyl (C=O) groups excluding carboxylic acids is 2. The smallest absolute Gasteiger partial charge is 0.298 e. The molecule has 242 valence electrons. The average Bonchev–Trinajstić information content (AvgIpc) is 2.70. The van der Waals surface area contributed by atoms with Crippen molar-refractivity contribution in [1.29, 1.82) is 0 Å². The lowest BCUT2D eigenvalue weighted by Gasteiger charge is -2.13. The molecule has 2 fully saturated rings. The van der Waals surface area contributed by atoms with E-state index >= 15 is 0 Å². The third-order valence-corrected chi connectivity index (χ3v) is 6.77. The molecule has 0 aliphatic heterocycles. The van der Waals surface area contributed by atoms with Crippen molar-refractivity contribution in [3.8, 4) is 0 Å². The van der Waals surface area contributed by atoms with Crippen LogP contribution in [0.2, 0.25) is 0 Å². The summed E-state index contributed by atoms with van der Waals surface area (Å²) in [5.74, 6) is 0.666. The van der Waals surface area contributed by atoms with E-state index in [1.165, 1.54) is 12.8 Å². The van der Waals surface area contributed by atoms with E-state index in [0.717, 1.165) is 38.5 Å². The van der Waals surface area contributed by atoms with Crippen LogP contribution in [-0.4, -0.2) is 77.5 Å². The molecule has 0 aromatic carbocycles. The first kappa shape index (κ1) is 43.6. The Morgan fingerprint density at radius 3 is 0.775 bits per heavy atom. The summed E-state index contributed by atoms with van der Waals surface area (Å²) in [6.07, 6.45) is 8.01. The second-order valence-electron chi connectivity index (χ2n) is 7.22. The molecular formula is C15H23F9O11S5. The Labute approximate surface area is 233 Å². The molecule has 2 unspecified atom stereocenters. The van der Waals surface area contributed by atoms with Crippen molar-refractivity contribution in [1.82, 2.24) is 0 Å². The van der Waals surface area contributed by atoms with Gasteiger partial charge in [0.25, 0.3) is 0 Å². The van der Waals surface area contributed by atoms with Crippen LogP contribution >= 0.6 is 25.3 Å². The molecule has 0 heterocycles. The van der Waals surface area contributed by atoms with Crippen LogP contribution in [0.1, 0.15) is 51.4 Å². The Bertz CT molecular complexity index is 988. The van der Waals surface area contributed by atoms with E-state index < -0.39 is 46.9 Å². The molecule has 2 saturated carbocycles. The van der Waals surface area contributed by atoms with Crippen LogP contribution in [0.5, 0.6) is 0 Å². The number of hydrogen-bond acceptors (Lipinski definition) is 10. The first-order valence-electron chi connectivity index (χ1n) is 9.89. The molecule has 25 heteroatoms. The fraction of sp³-hybridized carbons (Fsp3) is 0.867. The number of halogens is 9. The lowest BCUT2D eigenvalue weighted by Crippen LogP contribution is -2.21. The van der Waals surface area contributed by atoms with Crippen molar-refractivity contribution >= 4 is 67.2 Å². The van der Waals surface area contributed by atoms with Crippen molar-refractivity contribution in [2.75, 3.05) is 0 Å². The largest absolute Gasteiger partial charge is 0.522 e. The number of Topliss-reactive ketones (excluding diaryl/α,β-unsaturated/α-hetero) is 2. The molecule has 2 aliphatic rings. The van der Waals surface area contributed by atoms with Crippen LogP contribution in [0.4, 0.5) is 39.5 Å². The lowest BCUT2D eigenvalue weighted by molar-refractivity contribution is -0.120. The zero-order chi connectivity index (χ0) is 33.0. The van der Waals surface area contributed by atoms with Gasteiger partial charge in [0, 0.05) is 12.8 Å². The van der Waals surface area contributed by atoms with E-state index in [9.17, 15) is 49.1 Å². The third-order valence-electron chi connectivity index (χ3n) is 3.92. The van der Waals surface area contributed by atoms with Crippen molar-refractivity contribution in [3.05, 3.63) is 0 Å². The van der Waals surface area contributed by atoms with Gasteiger partial charge in [-0.15, -0.1) is 0 Å². The summed E-state index contributed by atoms with van der Waals surface area (Å²) in [4.78, 5) is 21.4. The average molecular weight is 711 g/mol. The Kier molecular flexibility index (Phi) is 18.9. The highest BCUT2D eigenvalue weighted by molar-refractivity contribution is 7.87. The lowest BCUT2D eigenvalue weighted by atomic mass is 9.99. The molecule has 0 spiro atoms. The topological polar surface area (TPSA) is 197 Å². The van der Waals surface area contributed by atoms with E-state index in [-0.39, 0.29) is 10.5 Å². The van der Waals surface area contributed by atoms with Gasteiger partial charge in [-0.25, -0.2) is 0 Å². The highest BCUT2D eigenvalue weighted by Gasteiger charge is 2.45. The Morgan fingerprint density at radius 2 is 0.700 bits per heavy atom. The van der Waals surface area contributed by atoms with Gasteiger partial charge >= 0.3 is 46.9 Å². The minimum atomic E-state index is -5.84. The van der Waals surface area contributed by atoms with Crippen molar-refractivity contribution < 1.29 is 88.0 Å². The second kappa shape index (κ2) is 17.3. The molecule has 0 radical (unpaired) electrons. The van der Waals surface area contributed by atoms with Gasteiger partial charge in [-0.3, -0.25) is 23.2 Å². The standard InChI is InChI=1S/2C6H10OS.3CHF3O3S/c2*7-5-3-1-2-4-6(5)8;3*2-1(3,4)8(5,6)7/h2*6,8H,1-4H2;3*(H,5,6,7). The molecular weight excluding hydrogens is 687 g/mol. The van der Waals surface area contributed by atoms with Crippen LogP contribution < -0.4 is 0 Å². The molecule has 2 atom stereocenters. The molecule has 0 saturated heterocycles. The number of thiol groups is 2. The predicted molar refractivity (Wildman–Crippen MR) is 125 cm³/mol. The van der Waals surface area contributed by atoms with Gasteiger partial charge in [0.1, 0.15) is 11.6 Å². The molecule has 0 bridgehead atoms. The van der Waals surface area contributed by atoms with Crippen molar-refractivity contribution in [2.24, 2.45) is 0 Å². The third kappa shape index (κ3) is 20.9. The van der Waals surface area contributed by atoms with Gasteiger partial charge in [0.05, 0.1) is 10.5 Å². The Morgan fingerprint density at radius 1 is 0.525 bits per heavy atom. The Hall–Kier alpha value is -0.860. The predicted octanol–water partition coefficient (Wildman–Crippen LogP) is 4.04. The van der Waals surface area contributed by atoms with Gasteiger partial charge < -0.3 is 0 Å². The van der Waals surface area contributed by atoms with Crippen molar-refractivity contribution in [2.45, 2.75) is 78.4 Å². The number of carbonyl (C=O) groups is 2. The second-order valence-corrected chi connectivity index (χ2v) is 12.7. The van der Waals surface area contributed by atoms with E-state index in [2.05, 4.69) is 25.3 Å². The highest BCUT2D eigenvalue weighted by atomic mass is 32.2. The quantitative estimate of drug-likeness (QED) is 0.105. The van der Waals surface area contributed by atoms with Gasteiger partial charge in [-0.05, 0) is 25.7 Å². The summed E-state index contributed by atoms with van der Waals surface area (Å²) < 4.78 is 173. The van der Waals surface area contributed by atoms with E-state index in [1.807, 2.05) is 0 Å². The molecule has 0 amide bonds. The van der Waals surface area contributed by atoms with Crippen molar-refractivity contribution in [3.63, 3.8) is 0 Å². The van der Waals surface area contributed by atoms with Crippen LogP contribution in [0, 0.1) is 0 Å². The van der Waals surface area contributed by atoms with Crippen LogP contribution in [0.15, 0.2) is 0 Å². The first-order valence-corrected chi connectivity index (χ1v) is 15.2. The molecule has 2 rings (SSSR count). The van der Waals surface area contributed by atoms with E-state index in [0.29, 0.717) is 11.6 Å². The van der Waals surface area contributed by atoms with Crippen LogP contribution in [0.3, 0.4) is 0 Å². The molecule has 2 aliphatic carbocycles. The number of hydrogen-bond donors (Lipinski definition) is 5. The number of alkyl halides is 9. The van der Waals surface area contributed by atoms with Crippen LogP contribution in [0.25, 0.3) is 0 Å². The zero-order valence-electron chi connectivity index (χ0n) is 19.4. The number of ketones is 2. The maximum absolute atomic E-state index is 10.7. The fourth-order valence-electron chi connectivity index (χ4n) is 1.93. The zero-order valence-corrected chi connectivity index (χ0v) is 23.7. The SMILES string of the molecule is O=C1CCCCC1S.O=C1CCCCC1S.O=S(=O)(O)C(F)(F)F.O=S(=O)(O)C(F)(F)F.O=S(=O)(O)C(F)(F)F. The minimum absolute atomic E-state index is 0.0590.